The standard InChI is InChI=1S/C12H25N3O2/c1-6-15(7-2)10(16)8-9-13-11(17)14-12(3,4)5/h6-9H2,1-5H3,(H2,13,14,17). The molecule has 0 saturated heterocycles. The topological polar surface area (TPSA) is 61.4 Å². The van der Waals surface area contributed by atoms with Gasteiger partial charge in [0.25, 0.3) is 0 Å². The van der Waals surface area contributed by atoms with Crippen molar-refractivity contribution in [3.05, 3.63) is 0 Å². The maximum atomic E-state index is 11.6. The van der Waals surface area contributed by atoms with Crippen LogP contribution in [0.25, 0.3) is 0 Å². The van der Waals surface area contributed by atoms with Crippen molar-refractivity contribution in [3.63, 3.8) is 0 Å². The molecule has 0 aromatic heterocycles. The van der Waals surface area contributed by atoms with E-state index in [1.165, 1.54) is 0 Å². The van der Waals surface area contributed by atoms with Crippen molar-refractivity contribution in [2.45, 2.75) is 46.6 Å². The zero-order valence-electron chi connectivity index (χ0n) is 11.6. The summed E-state index contributed by atoms with van der Waals surface area (Å²) < 4.78 is 0. The number of nitrogens with one attached hydrogen (secondary N) is 2. The van der Waals surface area contributed by atoms with Gasteiger partial charge in [-0.15, -0.1) is 0 Å². The van der Waals surface area contributed by atoms with Crippen molar-refractivity contribution in [2.75, 3.05) is 19.6 Å². The van der Waals surface area contributed by atoms with E-state index in [1.807, 2.05) is 34.6 Å². The molecule has 0 aliphatic rings. The summed E-state index contributed by atoms with van der Waals surface area (Å²) in [6.45, 7) is 11.4. The second-order valence-electron chi connectivity index (χ2n) is 4.95. The maximum Gasteiger partial charge on any atom is 0.315 e. The van der Waals surface area contributed by atoms with Crippen molar-refractivity contribution in [1.29, 1.82) is 0 Å². The van der Waals surface area contributed by atoms with E-state index in [4.69, 9.17) is 0 Å². The molecular formula is C12H25N3O2. The minimum Gasteiger partial charge on any atom is -0.343 e. The average Bonchev–Trinajstić information content (AvgIpc) is 2.16. The molecule has 17 heavy (non-hydrogen) atoms. The molecule has 0 fully saturated rings. The first-order valence-electron chi connectivity index (χ1n) is 6.14. The molecule has 2 N–H and O–H groups in total. The van der Waals surface area contributed by atoms with E-state index in [2.05, 4.69) is 10.6 Å². The highest BCUT2D eigenvalue weighted by atomic mass is 16.2. The third kappa shape index (κ3) is 7.60. The van der Waals surface area contributed by atoms with Gasteiger partial charge in [-0.2, -0.15) is 0 Å². The zero-order chi connectivity index (χ0) is 13.5. The molecule has 0 radical (unpaired) electrons. The van der Waals surface area contributed by atoms with Crippen LogP contribution in [-0.2, 0) is 4.79 Å². The van der Waals surface area contributed by atoms with Crippen molar-refractivity contribution in [1.82, 2.24) is 15.5 Å². The smallest absolute Gasteiger partial charge is 0.315 e. The van der Waals surface area contributed by atoms with Crippen LogP contribution in [0.4, 0.5) is 4.79 Å². The van der Waals surface area contributed by atoms with Gasteiger partial charge in [0.15, 0.2) is 0 Å². The predicted molar refractivity (Wildman–Crippen MR) is 68.8 cm³/mol. The predicted octanol–water partition coefficient (Wildman–Crippen LogP) is 1.34. The molecular weight excluding hydrogens is 218 g/mol. The number of rotatable bonds is 5. The Balaban J connectivity index is 3.84. The van der Waals surface area contributed by atoms with Gasteiger partial charge in [0.05, 0.1) is 0 Å². The van der Waals surface area contributed by atoms with E-state index in [0.717, 1.165) is 0 Å². The number of urea groups is 1. The molecule has 0 spiro atoms. The molecule has 0 aliphatic carbocycles. The lowest BCUT2D eigenvalue weighted by molar-refractivity contribution is -0.130. The molecule has 0 heterocycles. The van der Waals surface area contributed by atoms with Crippen molar-refractivity contribution < 1.29 is 9.59 Å². The lowest BCUT2D eigenvalue weighted by atomic mass is 10.1. The van der Waals surface area contributed by atoms with Crippen LogP contribution in [0, 0.1) is 0 Å². The summed E-state index contributed by atoms with van der Waals surface area (Å²) in [5, 5.41) is 5.45. The Bertz CT molecular complexity index is 255. The van der Waals surface area contributed by atoms with Gasteiger partial charge in [-0.25, -0.2) is 4.79 Å². The third-order valence-corrected chi connectivity index (χ3v) is 2.23. The molecule has 5 heteroatoms. The molecule has 0 bridgehead atoms. The van der Waals surface area contributed by atoms with E-state index in [0.29, 0.717) is 26.1 Å². The van der Waals surface area contributed by atoms with Crippen molar-refractivity contribution in [3.8, 4) is 0 Å². The largest absolute Gasteiger partial charge is 0.343 e. The highest BCUT2D eigenvalue weighted by Crippen LogP contribution is 1.97. The van der Waals surface area contributed by atoms with Gasteiger partial charge in [0.2, 0.25) is 5.91 Å². The highest BCUT2D eigenvalue weighted by molar-refractivity contribution is 5.78. The number of amides is 3. The lowest BCUT2D eigenvalue weighted by Gasteiger charge is -2.21. The number of hydrogen-bond acceptors (Lipinski definition) is 2. The van der Waals surface area contributed by atoms with Crippen molar-refractivity contribution in [2.24, 2.45) is 0 Å². The van der Waals surface area contributed by atoms with Crippen LogP contribution in [-0.4, -0.2) is 42.0 Å². The molecule has 0 aliphatic heterocycles. The Morgan fingerprint density at radius 3 is 2.06 bits per heavy atom. The first-order chi connectivity index (χ1) is 7.80. The summed E-state index contributed by atoms with van der Waals surface area (Å²) >= 11 is 0. The summed E-state index contributed by atoms with van der Waals surface area (Å²) in [5.74, 6) is 0.0751. The number of hydrogen-bond donors (Lipinski definition) is 2. The summed E-state index contributed by atoms with van der Waals surface area (Å²) in [6, 6.07) is -0.232. The molecule has 0 rings (SSSR count). The fourth-order valence-electron chi connectivity index (χ4n) is 1.40. The summed E-state index contributed by atoms with van der Waals surface area (Å²) in [4.78, 5) is 24.8. The second kappa shape index (κ2) is 7.14. The zero-order valence-corrected chi connectivity index (χ0v) is 11.6. The van der Waals surface area contributed by atoms with E-state index in [9.17, 15) is 9.59 Å². The quantitative estimate of drug-likeness (QED) is 0.765. The van der Waals surface area contributed by atoms with Crippen LogP contribution >= 0.6 is 0 Å². The number of carbonyl (C=O) groups is 2. The van der Waals surface area contributed by atoms with Gasteiger partial charge in [-0.05, 0) is 34.6 Å². The summed E-state index contributed by atoms with van der Waals surface area (Å²) in [5.41, 5.74) is -0.257. The molecule has 0 aromatic rings. The van der Waals surface area contributed by atoms with Gasteiger partial charge in [-0.3, -0.25) is 4.79 Å². The van der Waals surface area contributed by atoms with E-state index in [1.54, 1.807) is 4.90 Å². The second-order valence-corrected chi connectivity index (χ2v) is 4.95. The molecule has 100 valence electrons. The average molecular weight is 243 g/mol. The molecule has 0 unspecified atom stereocenters. The molecule has 3 amide bonds. The Kier molecular flexibility index (Phi) is 6.61. The minimum absolute atomic E-state index is 0.0751. The van der Waals surface area contributed by atoms with Gasteiger partial charge >= 0.3 is 6.03 Å². The third-order valence-electron chi connectivity index (χ3n) is 2.23. The van der Waals surface area contributed by atoms with E-state index in [-0.39, 0.29) is 17.5 Å². The van der Waals surface area contributed by atoms with Gasteiger partial charge in [0.1, 0.15) is 0 Å². The summed E-state index contributed by atoms with van der Waals surface area (Å²) in [7, 11) is 0. The Morgan fingerprint density at radius 2 is 1.65 bits per heavy atom. The van der Waals surface area contributed by atoms with Gasteiger partial charge in [0, 0.05) is 31.6 Å². The van der Waals surface area contributed by atoms with E-state index >= 15 is 0 Å². The Labute approximate surface area is 104 Å². The molecule has 5 nitrogen and oxygen atoms in total. The Hall–Kier alpha value is -1.26. The monoisotopic (exact) mass is 243 g/mol. The summed E-state index contributed by atoms with van der Waals surface area (Å²) in [6.07, 6.45) is 0.346. The number of nitrogens with zero attached hydrogens (tertiary/aromatic N) is 1. The lowest BCUT2D eigenvalue weighted by Crippen LogP contribution is -2.47. The Morgan fingerprint density at radius 1 is 1.12 bits per heavy atom. The van der Waals surface area contributed by atoms with Crippen LogP contribution in [0.3, 0.4) is 0 Å². The highest BCUT2D eigenvalue weighted by Gasteiger charge is 2.14. The van der Waals surface area contributed by atoms with Gasteiger partial charge in [-0.1, -0.05) is 0 Å². The van der Waals surface area contributed by atoms with Gasteiger partial charge < -0.3 is 15.5 Å². The number of carbonyl (C=O) groups excluding carboxylic acids is 2. The molecule has 0 atom stereocenters. The van der Waals surface area contributed by atoms with Crippen molar-refractivity contribution >= 4 is 11.9 Å². The van der Waals surface area contributed by atoms with Crippen LogP contribution in [0.2, 0.25) is 0 Å². The first kappa shape index (κ1) is 15.7. The fraction of sp³-hybridized carbons (Fsp3) is 0.833. The maximum absolute atomic E-state index is 11.6. The van der Waals surface area contributed by atoms with Crippen LogP contribution in [0.15, 0.2) is 0 Å². The minimum atomic E-state index is -0.257. The van der Waals surface area contributed by atoms with Crippen LogP contribution in [0.1, 0.15) is 41.0 Å². The van der Waals surface area contributed by atoms with E-state index < -0.39 is 0 Å². The fourth-order valence-corrected chi connectivity index (χ4v) is 1.40. The first-order valence-corrected chi connectivity index (χ1v) is 6.14. The van der Waals surface area contributed by atoms with Crippen LogP contribution in [0.5, 0.6) is 0 Å². The normalized spacial score (nSPS) is 10.9. The SMILES string of the molecule is CCN(CC)C(=O)CCNC(=O)NC(C)(C)C. The van der Waals surface area contributed by atoms with Crippen LogP contribution < -0.4 is 10.6 Å². The molecule has 0 saturated carbocycles. The molecule has 0 aromatic carbocycles.